The van der Waals surface area contributed by atoms with E-state index in [1.807, 2.05) is 0 Å². The normalized spacial score (nSPS) is 15.6. The first-order valence-electron chi connectivity index (χ1n) is 24.5. The standard InChI is InChI=1S/C68H42N2/c1-2-20-45(21-3-1)69(64-38-18-34-59-65(64)53-27-7-12-32-57(53)67(59)54-29-9-4-23-47(54)48-24-5-10-30-55(48)67)46-22-16-19-43(41-46)44-39-40-50-49-25-6-11-31-56(49)68(61(50)42-44)58-33-13-15-37-63(58)70-62-36-14-8-26-51(62)52-28-17-35-60(68)66(52)70/h1-42H. The summed E-state index contributed by atoms with van der Waals surface area (Å²) >= 11 is 0. The largest absolute Gasteiger partial charge is 0.310 e. The molecule has 0 radical (unpaired) electrons. The van der Waals surface area contributed by atoms with E-state index in [-0.39, 0.29) is 0 Å². The Morgan fingerprint density at radius 3 is 1.54 bits per heavy atom. The Bertz CT molecular complexity index is 4170. The van der Waals surface area contributed by atoms with E-state index in [0.29, 0.717) is 0 Å². The minimum atomic E-state index is -0.526. The summed E-state index contributed by atoms with van der Waals surface area (Å²) in [5.41, 5.74) is 27.0. The van der Waals surface area contributed by atoms with Gasteiger partial charge < -0.3 is 9.47 Å². The van der Waals surface area contributed by atoms with Gasteiger partial charge in [0.15, 0.2) is 0 Å². The van der Waals surface area contributed by atoms with E-state index < -0.39 is 10.8 Å². The van der Waals surface area contributed by atoms with Crippen LogP contribution in [0.3, 0.4) is 0 Å². The highest BCUT2D eigenvalue weighted by atomic mass is 15.1. The van der Waals surface area contributed by atoms with Gasteiger partial charge >= 0.3 is 0 Å². The molecule has 0 fully saturated rings. The van der Waals surface area contributed by atoms with Gasteiger partial charge in [0.25, 0.3) is 0 Å². The van der Waals surface area contributed by atoms with E-state index in [2.05, 4.69) is 264 Å². The number of anilines is 3. The molecule has 0 saturated carbocycles. The van der Waals surface area contributed by atoms with Gasteiger partial charge in [-0.25, -0.2) is 0 Å². The van der Waals surface area contributed by atoms with Crippen LogP contribution in [0.25, 0.3) is 72.0 Å². The molecule has 0 amide bonds. The number of para-hydroxylation sites is 4. The highest BCUT2D eigenvalue weighted by molar-refractivity contribution is 6.13. The number of aromatic nitrogens is 1. The van der Waals surface area contributed by atoms with Crippen LogP contribution in [0.1, 0.15) is 44.5 Å². The third-order valence-electron chi connectivity index (χ3n) is 16.4. The maximum absolute atomic E-state index is 2.53. The number of fused-ring (bicyclic) bond motifs is 22. The van der Waals surface area contributed by atoms with Crippen LogP contribution < -0.4 is 4.90 Å². The van der Waals surface area contributed by atoms with E-state index >= 15 is 0 Å². The molecular formula is C68H42N2. The van der Waals surface area contributed by atoms with Crippen molar-refractivity contribution in [1.82, 2.24) is 4.57 Å². The molecule has 3 aliphatic carbocycles. The Hall–Kier alpha value is -8.98. The Morgan fingerprint density at radius 2 is 0.800 bits per heavy atom. The molecule has 2 heteroatoms. The van der Waals surface area contributed by atoms with Crippen molar-refractivity contribution in [3.05, 3.63) is 299 Å². The fourth-order valence-electron chi connectivity index (χ4n) is 13.9. The first kappa shape index (κ1) is 38.0. The topological polar surface area (TPSA) is 8.17 Å². The van der Waals surface area contributed by atoms with Crippen molar-refractivity contribution in [3.8, 4) is 50.2 Å². The van der Waals surface area contributed by atoms with Crippen LogP contribution in [0.2, 0.25) is 0 Å². The Morgan fingerprint density at radius 1 is 0.300 bits per heavy atom. The second-order valence-electron chi connectivity index (χ2n) is 19.4. The third-order valence-corrected chi connectivity index (χ3v) is 16.4. The van der Waals surface area contributed by atoms with Crippen LogP contribution >= 0.6 is 0 Å². The Balaban J connectivity index is 0.919. The van der Waals surface area contributed by atoms with Crippen LogP contribution in [0.15, 0.2) is 255 Å². The van der Waals surface area contributed by atoms with Crippen molar-refractivity contribution in [3.63, 3.8) is 0 Å². The van der Waals surface area contributed by atoms with Crippen molar-refractivity contribution in [1.29, 1.82) is 0 Å². The molecule has 324 valence electrons. The minimum Gasteiger partial charge on any atom is -0.310 e. The fourth-order valence-corrected chi connectivity index (χ4v) is 13.9. The van der Waals surface area contributed by atoms with Crippen LogP contribution in [-0.2, 0) is 10.8 Å². The van der Waals surface area contributed by atoms with Crippen LogP contribution in [-0.4, -0.2) is 4.57 Å². The average Bonchev–Trinajstić information content (AvgIpc) is 4.13. The van der Waals surface area contributed by atoms with E-state index in [0.717, 1.165) is 17.1 Å². The molecule has 0 bridgehead atoms. The SMILES string of the molecule is c1ccc(N(c2cccc(-c3ccc4c(c3)C3(c5ccccc5-4)c4ccccc4-n4c5ccccc5c5cccc3c54)c2)c2cccc3c2-c2ccccc2C32c3ccccc3-c3ccccc32)cc1. The maximum atomic E-state index is 2.53. The average molecular weight is 887 g/mol. The minimum absolute atomic E-state index is 0.437. The van der Waals surface area contributed by atoms with Crippen molar-refractivity contribution in [2.75, 3.05) is 4.90 Å². The van der Waals surface area contributed by atoms with Crippen LogP contribution in [0.4, 0.5) is 17.1 Å². The van der Waals surface area contributed by atoms with Crippen molar-refractivity contribution in [2.24, 2.45) is 0 Å². The predicted octanol–water partition coefficient (Wildman–Crippen LogP) is 16.9. The lowest BCUT2D eigenvalue weighted by Crippen LogP contribution is -2.33. The highest BCUT2D eigenvalue weighted by Gasteiger charge is 2.53. The van der Waals surface area contributed by atoms with Gasteiger partial charge in [0, 0.05) is 27.7 Å². The lowest BCUT2D eigenvalue weighted by Gasteiger charge is -2.39. The molecule has 0 saturated heterocycles. The summed E-state index contributed by atoms with van der Waals surface area (Å²) in [4.78, 5) is 2.49. The molecule has 2 spiro atoms. The molecule has 0 N–H and O–H groups in total. The zero-order valence-electron chi connectivity index (χ0n) is 38.1. The molecule has 12 aromatic rings. The second-order valence-corrected chi connectivity index (χ2v) is 19.4. The van der Waals surface area contributed by atoms with Crippen molar-refractivity contribution < 1.29 is 0 Å². The first-order valence-corrected chi connectivity index (χ1v) is 24.5. The van der Waals surface area contributed by atoms with Crippen LogP contribution in [0.5, 0.6) is 0 Å². The Labute approximate surface area is 406 Å². The van der Waals surface area contributed by atoms with Gasteiger partial charge in [-0.2, -0.15) is 0 Å². The van der Waals surface area contributed by atoms with E-state index in [4.69, 9.17) is 0 Å². The lowest BCUT2D eigenvalue weighted by molar-refractivity contribution is 0.749. The van der Waals surface area contributed by atoms with Gasteiger partial charge in [-0.15, -0.1) is 0 Å². The molecule has 1 unspecified atom stereocenters. The molecule has 1 atom stereocenters. The summed E-state index contributed by atoms with van der Waals surface area (Å²) < 4.78 is 2.53. The van der Waals surface area contributed by atoms with Gasteiger partial charge in [-0.1, -0.05) is 206 Å². The predicted molar refractivity (Wildman–Crippen MR) is 288 cm³/mol. The number of rotatable bonds is 4. The quantitative estimate of drug-likeness (QED) is 0.171. The smallest absolute Gasteiger partial charge is 0.0754 e. The summed E-state index contributed by atoms with van der Waals surface area (Å²) in [7, 11) is 0. The number of hydrogen-bond acceptors (Lipinski definition) is 1. The van der Waals surface area contributed by atoms with Gasteiger partial charge in [-0.05, 0) is 132 Å². The Kier molecular flexibility index (Phi) is 7.51. The second kappa shape index (κ2) is 13.8. The molecule has 1 aromatic heterocycles. The highest BCUT2D eigenvalue weighted by Crippen LogP contribution is 2.65. The molecule has 2 heterocycles. The van der Waals surface area contributed by atoms with Crippen molar-refractivity contribution >= 4 is 38.9 Å². The van der Waals surface area contributed by atoms with Gasteiger partial charge in [0.05, 0.1) is 33.2 Å². The van der Waals surface area contributed by atoms with E-state index in [1.165, 1.54) is 117 Å². The number of nitrogens with zero attached hydrogens (tertiary/aromatic N) is 2. The first-order chi connectivity index (χ1) is 34.8. The molecule has 2 nitrogen and oxygen atoms in total. The zero-order valence-corrected chi connectivity index (χ0v) is 38.1. The summed E-state index contributed by atoms with van der Waals surface area (Å²) in [6.07, 6.45) is 0. The van der Waals surface area contributed by atoms with Gasteiger partial charge in [0.2, 0.25) is 0 Å². The molecule has 1 aliphatic heterocycles. The summed E-state index contributed by atoms with van der Waals surface area (Å²) in [6, 6.07) is 95.9. The fraction of sp³-hybridized carbons (Fsp3) is 0.0294. The zero-order chi connectivity index (χ0) is 45.7. The van der Waals surface area contributed by atoms with Crippen molar-refractivity contribution in [2.45, 2.75) is 10.8 Å². The summed E-state index contributed by atoms with van der Waals surface area (Å²) in [5, 5.41) is 2.58. The lowest BCUT2D eigenvalue weighted by atomic mass is 9.65. The molecule has 16 rings (SSSR count). The third kappa shape index (κ3) is 4.59. The number of benzene rings is 11. The monoisotopic (exact) mass is 886 g/mol. The number of hydrogen-bond donors (Lipinski definition) is 0. The van der Waals surface area contributed by atoms with Gasteiger partial charge in [0.1, 0.15) is 0 Å². The molecule has 70 heavy (non-hydrogen) atoms. The molecule has 4 aliphatic rings. The summed E-state index contributed by atoms with van der Waals surface area (Å²) in [6.45, 7) is 0. The van der Waals surface area contributed by atoms with E-state index in [1.54, 1.807) is 0 Å². The van der Waals surface area contributed by atoms with Gasteiger partial charge in [-0.3, -0.25) is 0 Å². The summed E-state index contributed by atoms with van der Waals surface area (Å²) in [5.74, 6) is 0. The van der Waals surface area contributed by atoms with E-state index in [9.17, 15) is 0 Å². The molecule has 11 aromatic carbocycles. The maximum Gasteiger partial charge on any atom is 0.0754 e. The molecular weight excluding hydrogens is 845 g/mol. The van der Waals surface area contributed by atoms with Crippen LogP contribution in [0, 0.1) is 0 Å².